The standard InChI is InChI=1S/C46H30N4/c47-31-32-12-10-19-38(28-32)39-20-11-21-41(29-39)45-48-44(37-24-22-35(23-25-37)33-13-4-1-5-14-33)49-46(50-45)43-30-40(34-15-6-2-7-16-34)26-27-42(43)36-17-8-3-9-18-36/h1-30H. The maximum Gasteiger partial charge on any atom is 0.164 e. The van der Waals surface area contributed by atoms with Crippen LogP contribution >= 0.6 is 0 Å². The van der Waals surface area contributed by atoms with Gasteiger partial charge in [-0.2, -0.15) is 5.26 Å². The second-order valence-corrected chi connectivity index (χ2v) is 12.0. The van der Waals surface area contributed by atoms with E-state index in [2.05, 4.69) is 115 Å². The highest BCUT2D eigenvalue weighted by molar-refractivity contribution is 5.86. The van der Waals surface area contributed by atoms with Crippen LogP contribution in [0.5, 0.6) is 0 Å². The Morgan fingerprint density at radius 2 is 0.740 bits per heavy atom. The zero-order valence-electron chi connectivity index (χ0n) is 27.1. The smallest absolute Gasteiger partial charge is 0.164 e. The summed E-state index contributed by atoms with van der Waals surface area (Å²) in [6.45, 7) is 0. The Bertz CT molecular complexity index is 2470. The largest absolute Gasteiger partial charge is 0.208 e. The van der Waals surface area contributed by atoms with Gasteiger partial charge in [0.25, 0.3) is 0 Å². The van der Waals surface area contributed by atoms with Crippen molar-refractivity contribution in [2.45, 2.75) is 0 Å². The van der Waals surface area contributed by atoms with Crippen molar-refractivity contribution in [2.75, 3.05) is 0 Å². The summed E-state index contributed by atoms with van der Waals surface area (Å²) in [5.41, 5.74) is 11.8. The van der Waals surface area contributed by atoms with Crippen LogP contribution in [0.2, 0.25) is 0 Å². The molecular weight excluding hydrogens is 609 g/mol. The van der Waals surface area contributed by atoms with Crippen molar-refractivity contribution in [3.05, 3.63) is 188 Å². The number of hydrogen-bond acceptors (Lipinski definition) is 4. The van der Waals surface area contributed by atoms with Crippen LogP contribution in [0.4, 0.5) is 0 Å². The molecule has 0 aliphatic rings. The first-order valence-corrected chi connectivity index (χ1v) is 16.5. The third kappa shape index (κ3) is 6.32. The van der Waals surface area contributed by atoms with Gasteiger partial charge in [0.15, 0.2) is 17.5 Å². The Kier molecular flexibility index (Phi) is 8.29. The number of aromatic nitrogens is 3. The number of nitriles is 1. The molecule has 0 atom stereocenters. The molecule has 0 unspecified atom stereocenters. The van der Waals surface area contributed by atoms with Crippen LogP contribution in [0.25, 0.3) is 78.7 Å². The van der Waals surface area contributed by atoms with E-state index in [0.29, 0.717) is 23.0 Å². The van der Waals surface area contributed by atoms with Gasteiger partial charge in [0, 0.05) is 16.7 Å². The Hall–Kier alpha value is -6.96. The lowest BCUT2D eigenvalue weighted by atomic mass is 9.94. The molecule has 1 heterocycles. The van der Waals surface area contributed by atoms with E-state index >= 15 is 0 Å². The third-order valence-electron chi connectivity index (χ3n) is 8.78. The Labute approximate surface area is 291 Å². The SMILES string of the molecule is N#Cc1cccc(-c2cccc(-c3nc(-c4ccc(-c5ccccc5)cc4)nc(-c4cc(-c5ccccc5)ccc4-c4ccccc4)n3)c2)c1. The van der Waals surface area contributed by atoms with Crippen molar-refractivity contribution < 1.29 is 0 Å². The second kappa shape index (κ2) is 13.6. The van der Waals surface area contributed by atoms with Gasteiger partial charge in [0.05, 0.1) is 11.6 Å². The Morgan fingerprint density at radius 1 is 0.300 bits per heavy atom. The van der Waals surface area contributed by atoms with Crippen LogP contribution in [0.15, 0.2) is 182 Å². The highest BCUT2D eigenvalue weighted by Crippen LogP contribution is 2.36. The number of benzene rings is 7. The molecule has 0 radical (unpaired) electrons. The fourth-order valence-corrected chi connectivity index (χ4v) is 6.21. The van der Waals surface area contributed by atoms with Crippen LogP contribution in [0, 0.1) is 11.3 Å². The second-order valence-electron chi connectivity index (χ2n) is 12.0. The van der Waals surface area contributed by atoms with Gasteiger partial charge in [-0.3, -0.25) is 0 Å². The molecule has 234 valence electrons. The Morgan fingerprint density at radius 3 is 1.40 bits per heavy atom. The molecule has 50 heavy (non-hydrogen) atoms. The van der Waals surface area contributed by atoms with Gasteiger partial charge in [0.1, 0.15) is 0 Å². The summed E-state index contributed by atoms with van der Waals surface area (Å²) >= 11 is 0. The maximum atomic E-state index is 9.52. The van der Waals surface area contributed by atoms with Crippen LogP contribution in [0.3, 0.4) is 0 Å². The first kappa shape index (κ1) is 30.4. The first-order valence-electron chi connectivity index (χ1n) is 16.5. The molecule has 8 aromatic rings. The molecule has 0 fully saturated rings. The Balaban J connectivity index is 1.32. The van der Waals surface area contributed by atoms with E-state index in [4.69, 9.17) is 15.0 Å². The molecule has 4 heteroatoms. The van der Waals surface area contributed by atoms with E-state index < -0.39 is 0 Å². The zero-order valence-corrected chi connectivity index (χ0v) is 27.1. The lowest BCUT2D eigenvalue weighted by Crippen LogP contribution is -2.01. The van der Waals surface area contributed by atoms with E-state index in [-0.39, 0.29) is 0 Å². The van der Waals surface area contributed by atoms with Crippen LogP contribution in [0.1, 0.15) is 5.56 Å². The van der Waals surface area contributed by atoms with Gasteiger partial charge < -0.3 is 0 Å². The summed E-state index contributed by atoms with van der Waals surface area (Å²) in [4.78, 5) is 15.4. The van der Waals surface area contributed by atoms with Crippen molar-refractivity contribution in [2.24, 2.45) is 0 Å². The summed E-state index contributed by atoms with van der Waals surface area (Å²) < 4.78 is 0. The number of rotatable bonds is 7. The third-order valence-corrected chi connectivity index (χ3v) is 8.78. The van der Waals surface area contributed by atoms with E-state index in [1.165, 1.54) is 0 Å². The zero-order chi connectivity index (χ0) is 33.7. The van der Waals surface area contributed by atoms with Gasteiger partial charge in [-0.05, 0) is 68.8 Å². The highest BCUT2D eigenvalue weighted by atomic mass is 15.0. The van der Waals surface area contributed by atoms with Crippen molar-refractivity contribution in [3.8, 4) is 84.7 Å². The lowest BCUT2D eigenvalue weighted by Gasteiger charge is -2.14. The van der Waals surface area contributed by atoms with Gasteiger partial charge in [0.2, 0.25) is 0 Å². The molecule has 0 aliphatic carbocycles. The van der Waals surface area contributed by atoms with Crippen LogP contribution in [-0.4, -0.2) is 15.0 Å². The highest BCUT2D eigenvalue weighted by Gasteiger charge is 2.17. The van der Waals surface area contributed by atoms with Gasteiger partial charge in [-0.25, -0.2) is 15.0 Å². The van der Waals surface area contributed by atoms with Crippen LogP contribution in [-0.2, 0) is 0 Å². The molecular formula is C46H30N4. The fraction of sp³-hybridized carbons (Fsp3) is 0. The predicted molar refractivity (Wildman–Crippen MR) is 203 cm³/mol. The average Bonchev–Trinajstić information content (AvgIpc) is 3.21. The minimum absolute atomic E-state index is 0.569. The van der Waals surface area contributed by atoms with E-state index in [0.717, 1.165) is 61.2 Å². The van der Waals surface area contributed by atoms with Crippen molar-refractivity contribution >= 4 is 0 Å². The lowest BCUT2D eigenvalue weighted by molar-refractivity contribution is 1.07. The van der Waals surface area contributed by atoms with Gasteiger partial charge in [-0.15, -0.1) is 0 Å². The minimum Gasteiger partial charge on any atom is -0.208 e. The molecule has 0 bridgehead atoms. The summed E-state index contributed by atoms with van der Waals surface area (Å²) in [7, 11) is 0. The predicted octanol–water partition coefficient (Wildman–Crippen LogP) is 11.4. The van der Waals surface area contributed by atoms with E-state index in [1.807, 2.05) is 72.8 Å². The summed E-state index contributed by atoms with van der Waals surface area (Å²) in [5.74, 6) is 1.75. The molecule has 0 aliphatic heterocycles. The first-order chi connectivity index (χ1) is 24.7. The molecule has 0 saturated heterocycles. The summed E-state index contributed by atoms with van der Waals surface area (Å²) in [6.07, 6.45) is 0. The topological polar surface area (TPSA) is 62.5 Å². The molecule has 0 spiro atoms. The van der Waals surface area contributed by atoms with Crippen molar-refractivity contribution in [1.82, 2.24) is 15.0 Å². The number of hydrogen-bond donors (Lipinski definition) is 0. The monoisotopic (exact) mass is 638 g/mol. The molecule has 4 nitrogen and oxygen atoms in total. The summed E-state index contributed by atoms with van der Waals surface area (Å²) in [6, 6.07) is 64.0. The molecule has 8 rings (SSSR count). The minimum atomic E-state index is 0.569. The molecule has 7 aromatic carbocycles. The molecule has 0 N–H and O–H groups in total. The van der Waals surface area contributed by atoms with E-state index in [1.54, 1.807) is 0 Å². The molecule has 1 aromatic heterocycles. The quantitative estimate of drug-likeness (QED) is 0.174. The van der Waals surface area contributed by atoms with Gasteiger partial charge in [-0.1, -0.05) is 158 Å². The maximum absolute atomic E-state index is 9.52. The number of nitrogens with zero attached hydrogens (tertiary/aromatic N) is 4. The van der Waals surface area contributed by atoms with Crippen molar-refractivity contribution in [3.63, 3.8) is 0 Å². The fourth-order valence-electron chi connectivity index (χ4n) is 6.21. The molecule has 0 saturated carbocycles. The van der Waals surface area contributed by atoms with Crippen molar-refractivity contribution in [1.29, 1.82) is 5.26 Å². The van der Waals surface area contributed by atoms with Gasteiger partial charge >= 0.3 is 0 Å². The normalized spacial score (nSPS) is 10.8. The summed E-state index contributed by atoms with van der Waals surface area (Å²) in [5, 5.41) is 9.52. The van der Waals surface area contributed by atoms with E-state index in [9.17, 15) is 5.26 Å². The van der Waals surface area contributed by atoms with Crippen LogP contribution < -0.4 is 0 Å². The molecule has 0 amide bonds. The average molecular weight is 639 g/mol.